The van der Waals surface area contributed by atoms with E-state index in [1.165, 1.54) is 37.4 Å². The van der Waals surface area contributed by atoms with Crippen molar-refractivity contribution < 1.29 is 23.4 Å². The summed E-state index contributed by atoms with van der Waals surface area (Å²) in [5.41, 5.74) is 2.61. The highest BCUT2D eigenvalue weighted by Crippen LogP contribution is 2.34. The molecular weight excluding hydrogens is 452 g/mol. The maximum atomic E-state index is 12.9. The predicted octanol–water partition coefficient (Wildman–Crippen LogP) is 4.34. The number of hydrogen-bond donors (Lipinski definition) is 2. The van der Waals surface area contributed by atoms with E-state index in [0.717, 1.165) is 17.7 Å². The smallest absolute Gasteiger partial charge is 0.291 e. The SMILES string of the molecule is CNc1nc(OC)c(NC(=O)c2ccc(Oc3cc4c(cc3C)[Si](C)(C)CCC4)o2)c(OC)n1. The minimum absolute atomic E-state index is 0.0703. The van der Waals surface area contributed by atoms with Gasteiger partial charge in [-0.3, -0.25) is 4.79 Å². The van der Waals surface area contributed by atoms with Crippen molar-refractivity contribution in [2.24, 2.45) is 0 Å². The Bertz CT molecular complexity index is 1200. The molecule has 34 heavy (non-hydrogen) atoms. The maximum Gasteiger partial charge on any atom is 0.291 e. The molecule has 1 aliphatic rings. The summed E-state index contributed by atoms with van der Waals surface area (Å²) in [7, 11) is 3.17. The number of fused-ring (bicyclic) bond motifs is 1. The van der Waals surface area contributed by atoms with Gasteiger partial charge in [-0.05, 0) is 36.6 Å². The molecule has 0 saturated carbocycles. The van der Waals surface area contributed by atoms with E-state index in [4.69, 9.17) is 18.6 Å². The summed E-state index contributed by atoms with van der Waals surface area (Å²) in [6, 6.07) is 8.88. The summed E-state index contributed by atoms with van der Waals surface area (Å²) in [4.78, 5) is 21.2. The summed E-state index contributed by atoms with van der Waals surface area (Å²) in [5.74, 6) is 1.15. The minimum Gasteiger partial charge on any atom is -0.479 e. The Kier molecular flexibility index (Phi) is 6.51. The third kappa shape index (κ3) is 4.58. The van der Waals surface area contributed by atoms with Crippen molar-refractivity contribution in [1.29, 1.82) is 0 Å². The fourth-order valence-corrected chi connectivity index (χ4v) is 7.25. The number of nitrogens with zero attached hydrogens (tertiary/aromatic N) is 2. The van der Waals surface area contributed by atoms with Gasteiger partial charge in [-0.1, -0.05) is 36.8 Å². The molecule has 3 aromatic rings. The first-order valence-corrected chi connectivity index (χ1v) is 14.4. The van der Waals surface area contributed by atoms with Crippen molar-refractivity contribution in [2.45, 2.75) is 38.9 Å². The van der Waals surface area contributed by atoms with Crippen LogP contribution >= 0.6 is 0 Å². The third-order valence-electron chi connectivity index (χ3n) is 6.08. The van der Waals surface area contributed by atoms with Crippen LogP contribution in [-0.4, -0.2) is 45.2 Å². The second-order valence-corrected chi connectivity index (χ2v) is 13.7. The normalized spacial score (nSPS) is 14.2. The Morgan fingerprint density at radius 2 is 1.82 bits per heavy atom. The molecule has 0 unspecified atom stereocenters. The topological polar surface area (TPSA) is 108 Å². The van der Waals surface area contributed by atoms with Gasteiger partial charge in [0, 0.05) is 13.1 Å². The van der Waals surface area contributed by atoms with E-state index in [-0.39, 0.29) is 29.2 Å². The molecule has 3 heterocycles. The molecule has 2 aromatic heterocycles. The van der Waals surface area contributed by atoms with Crippen molar-refractivity contribution in [3.63, 3.8) is 0 Å². The van der Waals surface area contributed by atoms with Crippen LogP contribution in [-0.2, 0) is 6.42 Å². The molecule has 1 amide bonds. The fraction of sp³-hybridized carbons (Fsp3) is 0.375. The second-order valence-electron chi connectivity index (χ2n) is 8.88. The number of nitrogens with one attached hydrogen (secondary N) is 2. The van der Waals surface area contributed by atoms with Crippen molar-refractivity contribution in [3.05, 3.63) is 41.2 Å². The summed E-state index contributed by atoms with van der Waals surface area (Å²) < 4.78 is 22.3. The molecule has 0 fully saturated rings. The van der Waals surface area contributed by atoms with Crippen LogP contribution in [0.15, 0.2) is 28.7 Å². The summed E-state index contributed by atoms with van der Waals surface area (Å²) in [5, 5.41) is 7.03. The molecule has 0 spiro atoms. The number of methoxy groups -OCH3 is 2. The number of rotatable bonds is 7. The molecule has 0 atom stereocenters. The largest absolute Gasteiger partial charge is 0.479 e. The molecule has 0 saturated heterocycles. The van der Waals surface area contributed by atoms with Crippen molar-refractivity contribution >= 4 is 30.8 Å². The number of ether oxygens (including phenoxy) is 3. The number of furan rings is 1. The minimum atomic E-state index is -1.39. The molecule has 180 valence electrons. The number of amides is 1. The van der Waals surface area contributed by atoms with E-state index in [9.17, 15) is 4.79 Å². The zero-order chi connectivity index (χ0) is 24.5. The average molecular weight is 483 g/mol. The molecule has 9 nitrogen and oxygen atoms in total. The van der Waals surface area contributed by atoms with E-state index in [2.05, 4.69) is 45.8 Å². The van der Waals surface area contributed by atoms with Gasteiger partial charge in [0.25, 0.3) is 11.9 Å². The molecule has 0 bridgehead atoms. The molecule has 1 aliphatic heterocycles. The van der Waals surface area contributed by atoms with Crippen LogP contribution in [0.3, 0.4) is 0 Å². The summed E-state index contributed by atoms with van der Waals surface area (Å²) in [6.45, 7) is 6.88. The second kappa shape index (κ2) is 9.38. The highest BCUT2D eigenvalue weighted by atomic mass is 28.3. The van der Waals surface area contributed by atoms with E-state index < -0.39 is 14.0 Å². The number of carbonyl (C=O) groups is 1. The Labute approximate surface area is 199 Å². The van der Waals surface area contributed by atoms with Gasteiger partial charge in [0.05, 0.1) is 22.3 Å². The van der Waals surface area contributed by atoms with Gasteiger partial charge in [0.15, 0.2) is 11.4 Å². The van der Waals surface area contributed by atoms with Gasteiger partial charge in [0.2, 0.25) is 17.7 Å². The number of carbonyl (C=O) groups excluding carboxylic acids is 1. The number of anilines is 2. The van der Waals surface area contributed by atoms with Crippen LogP contribution in [0.4, 0.5) is 11.6 Å². The van der Waals surface area contributed by atoms with E-state index in [0.29, 0.717) is 5.95 Å². The van der Waals surface area contributed by atoms with E-state index >= 15 is 0 Å². The summed E-state index contributed by atoms with van der Waals surface area (Å²) >= 11 is 0. The van der Waals surface area contributed by atoms with Crippen molar-refractivity contribution in [1.82, 2.24) is 9.97 Å². The molecule has 4 rings (SSSR count). The van der Waals surface area contributed by atoms with Gasteiger partial charge in [-0.15, -0.1) is 0 Å². The van der Waals surface area contributed by atoms with Gasteiger partial charge >= 0.3 is 0 Å². The van der Waals surface area contributed by atoms with Crippen LogP contribution < -0.4 is 30.0 Å². The molecule has 1 aromatic carbocycles. The Morgan fingerprint density at radius 3 is 2.47 bits per heavy atom. The van der Waals surface area contributed by atoms with E-state index in [1.54, 1.807) is 19.2 Å². The number of hydrogen-bond acceptors (Lipinski definition) is 8. The van der Waals surface area contributed by atoms with Gasteiger partial charge in [-0.2, -0.15) is 9.97 Å². The van der Waals surface area contributed by atoms with Crippen LogP contribution in [0, 0.1) is 6.92 Å². The van der Waals surface area contributed by atoms with Crippen molar-refractivity contribution in [3.8, 4) is 23.5 Å². The standard InChI is InChI=1S/C24H30N4O5Si/c1-14-12-18-15(8-7-11-34(18,5)6)13-17(14)33-19-10-9-16(32-19)21(29)26-20-22(30-3)27-24(25-2)28-23(20)31-4/h9-10,12-13H,7-8,11H2,1-6H3,(H,26,29)(H,25,27,28). The Balaban J connectivity index is 1.54. The van der Waals surface area contributed by atoms with E-state index in [1.807, 2.05) is 6.92 Å². The highest BCUT2D eigenvalue weighted by Gasteiger charge is 2.30. The predicted molar refractivity (Wildman–Crippen MR) is 133 cm³/mol. The molecule has 10 heteroatoms. The van der Waals surface area contributed by atoms with Crippen LogP contribution in [0.5, 0.6) is 23.5 Å². The number of benzene rings is 1. The lowest BCUT2D eigenvalue weighted by Gasteiger charge is -2.31. The first-order valence-electron chi connectivity index (χ1n) is 11.2. The lowest BCUT2D eigenvalue weighted by atomic mass is 10.1. The monoisotopic (exact) mass is 482 g/mol. The number of aromatic nitrogens is 2. The Hall–Kier alpha value is -3.53. The lowest BCUT2D eigenvalue weighted by Crippen LogP contribution is -2.46. The van der Waals surface area contributed by atoms with Gasteiger partial charge < -0.3 is 29.3 Å². The van der Waals surface area contributed by atoms with Gasteiger partial charge in [-0.25, -0.2) is 0 Å². The molecule has 2 N–H and O–H groups in total. The fourth-order valence-electron chi connectivity index (χ4n) is 4.25. The van der Waals surface area contributed by atoms with Crippen LogP contribution in [0.25, 0.3) is 0 Å². The zero-order valence-corrected chi connectivity index (χ0v) is 21.4. The first kappa shape index (κ1) is 23.6. The molecule has 0 radical (unpaired) electrons. The third-order valence-corrected chi connectivity index (χ3v) is 9.61. The Morgan fingerprint density at radius 1 is 1.12 bits per heavy atom. The van der Waals surface area contributed by atoms with Crippen LogP contribution in [0.2, 0.25) is 19.1 Å². The first-order chi connectivity index (χ1) is 16.2. The quantitative estimate of drug-likeness (QED) is 0.479. The summed E-state index contributed by atoms with van der Waals surface area (Å²) in [6.07, 6.45) is 2.28. The highest BCUT2D eigenvalue weighted by molar-refractivity contribution is 6.90. The molecular formula is C24H30N4O5Si. The molecule has 0 aliphatic carbocycles. The van der Waals surface area contributed by atoms with Crippen molar-refractivity contribution in [2.75, 3.05) is 31.9 Å². The van der Waals surface area contributed by atoms with Crippen LogP contribution in [0.1, 0.15) is 28.1 Å². The number of aryl methyl sites for hydroxylation is 2. The zero-order valence-electron chi connectivity index (χ0n) is 20.4. The maximum absolute atomic E-state index is 12.9. The average Bonchev–Trinajstić information content (AvgIpc) is 3.28. The van der Waals surface area contributed by atoms with Gasteiger partial charge in [0.1, 0.15) is 5.75 Å². The lowest BCUT2D eigenvalue weighted by molar-refractivity contribution is 0.0990.